The summed E-state index contributed by atoms with van der Waals surface area (Å²) >= 11 is 0. The van der Waals surface area contributed by atoms with Crippen molar-refractivity contribution in [3.05, 3.63) is 65.7 Å². The first kappa shape index (κ1) is 20.0. The minimum absolute atomic E-state index is 0.0991. The molecule has 0 saturated carbocycles. The van der Waals surface area contributed by atoms with Crippen LogP contribution in [0.5, 0.6) is 11.5 Å². The Balaban J connectivity index is 1.65. The van der Waals surface area contributed by atoms with Crippen LogP contribution in [0.25, 0.3) is 11.3 Å². The highest BCUT2D eigenvalue weighted by molar-refractivity contribution is 5.92. The molecule has 0 aliphatic carbocycles. The zero-order valence-electron chi connectivity index (χ0n) is 16.6. The standard InChI is InChI=1S/C23H22N2O4/c1-15(2)16-4-10-20(11-5-16)28-14-22(26)25-23-18(13-24)12-21(29-23)17-6-8-19(27-3)9-7-17/h4-12,15H,14H2,1-3H3,(H,25,26). The number of anilines is 1. The van der Waals surface area contributed by atoms with Crippen molar-refractivity contribution in [1.29, 1.82) is 5.26 Å². The second-order valence-corrected chi connectivity index (χ2v) is 6.75. The van der Waals surface area contributed by atoms with Gasteiger partial charge in [-0.2, -0.15) is 5.26 Å². The highest BCUT2D eigenvalue weighted by atomic mass is 16.5. The largest absolute Gasteiger partial charge is 0.497 e. The number of ether oxygens (including phenoxy) is 2. The van der Waals surface area contributed by atoms with Crippen molar-refractivity contribution in [3.63, 3.8) is 0 Å². The number of nitrogens with one attached hydrogen (secondary N) is 1. The molecule has 3 aromatic rings. The number of rotatable bonds is 7. The molecule has 0 spiro atoms. The van der Waals surface area contributed by atoms with Gasteiger partial charge in [0.2, 0.25) is 5.88 Å². The second-order valence-electron chi connectivity index (χ2n) is 6.75. The summed E-state index contributed by atoms with van der Waals surface area (Å²) in [7, 11) is 1.59. The van der Waals surface area contributed by atoms with Gasteiger partial charge in [-0.25, -0.2) is 0 Å². The molecule has 1 N–H and O–H groups in total. The van der Waals surface area contributed by atoms with E-state index in [0.717, 1.165) is 5.56 Å². The molecule has 6 heteroatoms. The van der Waals surface area contributed by atoms with E-state index in [9.17, 15) is 10.1 Å². The van der Waals surface area contributed by atoms with Crippen LogP contribution in [0.4, 0.5) is 5.88 Å². The van der Waals surface area contributed by atoms with Crippen molar-refractivity contribution < 1.29 is 18.7 Å². The molecule has 1 aromatic heterocycles. The fraction of sp³-hybridized carbons (Fsp3) is 0.217. The van der Waals surface area contributed by atoms with Gasteiger partial charge in [-0.1, -0.05) is 26.0 Å². The Kier molecular flexibility index (Phi) is 6.20. The van der Waals surface area contributed by atoms with Gasteiger partial charge in [0.15, 0.2) is 6.61 Å². The number of nitriles is 1. The molecule has 0 aliphatic rings. The van der Waals surface area contributed by atoms with Gasteiger partial charge < -0.3 is 13.9 Å². The van der Waals surface area contributed by atoms with Gasteiger partial charge in [-0.15, -0.1) is 0 Å². The zero-order valence-corrected chi connectivity index (χ0v) is 16.6. The number of amides is 1. The molecule has 0 radical (unpaired) electrons. The summed E-state index contributed by atoms with van der Waals surface area (Å²) in [6, 6.07) is 18.4. The van der Waals surface area contributed by atoms with Crippen LogP contribution in [0.15, 0.2) is 59.0 Å². The van der Waals surface area contributed by atoms with Crippen LogP contribution in [-0.2, 0) is 4.79 Å². The van der Waals surface area contributed by atoms with Gasteiger partial charge in [0.25, 0.3) is 5.91 Å². The first-order chi connectivity index (χ1) is 14.0. The topological polar surface area (TPSA) is 84.5 Å². The average Bonchev–Trinajstić information content (AvgIpc) is 3.15. The van der Waals surface area contributed by atoms with Crippen LogP contribution in [0.3, 0.4) is 0 Å². The lowest BCUT2D eigenvalue weighted by molar-refractivity contribution is -0.118. The number of carbonyl (C=O) groups excluding carboxylic acids is 1. The van der Waals surface area contributed by atoms with Crippen LogP contribution in [0, 0.1) is 11.3 Å². The Hall–Kier alpha value is -3.72. The molecule has 1 heterocycles. The maximum Gasteiger partial charge on any atom is 0.264 e. The fourth-order valence-electron chi connectivity index (χ4n) is 2.73. The minimum atomic E-state index is -0.412. The highest BCUT2D eigenvalue weighted by Crippen LogP contribution is 2.30. The van der Waals surface area contributed by atoms with E-state index < -0.39 is 5.91 Å². The van der Waals surface area contributed by atoms with Gasteiger partial charge in [0, 0.05) is 11.6 Å². The Bertz CT molecular complexity index is 1010. The van der Waals surface area contributed by atoms with Gasteiger partial charge in [-0.3, -0.25) is 10.1 Å². The number of benzene rings is 2. The third-order valence-corrected chi connectivity index (χ3v) is 4.40. The first-order valence-electron chi connectivity index (χ1n) is 9.21. The van der Waals surface area contributed by atoms with Crippen molar-refractivity contribution in [3.8, 4) is 28.9 Å². The first-order valence-corrected chi connectivity index (χ1v) is 9.21. The minimum Gasteiger partial charge on any atom is -0.497 e. The molecule has 3 rings (SSSR count). The highest BCUT2D eigenvalue weighted by Gasteiger charge is 2.15. The van der Waals surface area contributed by atoms with E-state index in [1.165, 1.54) is 5.56 Å². The molecular formula is C23H22N2O4. The maximum atomic E-state index is 12.2. The summed E-state index contributed by atoms with van der Waals surface area (Å²) in [5.74, 6) is 1.91. The Morgan fingerprint density at radius 3 is 2.34 bits per heavy atom. The molecule has 0 atom stereocenters. The van der Waals surface area contributed by atoms with Crippen molar-refractivity contribution in [2.24, 2.45) is 0 Å². The summed E-state index contributed by atoms with van der Waals surface area (Å²) in [4.78, 5) is 12.2. The third-order valence-electron chi connectivity index (χ3n) is 4.40. The molecule has 0 saturated heterocycles. The molecular weight excluding hydrogens is 368 g/mol. The van der Waals surface area contributed by atoms with Crippen molar-refractivity contribution in [1.82, 2.24) is 0 Å². The monoisotopic (exact) mass is 390 g/mol. The van der Waals surface area contributed by atoms with Gasteiger partial charge in [0.1, 0.15) is 28.9 Å². The molecule has 1 amide bonds. The summed E-state index contributed by atoms with van der Waals surface area (Å²) < 4.78 is 16.3. The number of nitrogens with zero attached hydrogens (tertiary/aromatic N) is 1. The number of carbonyl (C=O) groups is 1. The fourth-order valence-corrected chi connectivity index (χ4v) is 2.73. The van der Waals surface area contributed by atoms with Gasteiger partial charge in [-0.05, 0) is 47.9 Å². The molecule has 0 unspecified atom stereocenters. The summed E-state index contributed by atoms with van der Waals surface area (Å²) in [5.41, 5.74) is 2.21. The summed E-state index contributed by atoms with van der Waals surface area (Å²) in [6.07, 6.45) is 0. The van der Waals surface area contributed by atoms with Crippen molar-refractivity contribution >= 4 is 11.8 Å². The van der Waals surface area contributed by atoms with E-state index in [4.69, 9.17) is 13.9 Å². The van der Waals surface area contributed by atoms with Crippen LogP contribution < -0.4 is 14.8 Å². The van der Waals surface area contributed by atoms with Crippen molar-refractivity contribution in [2.75, 3.05) is 19.0 Å². The second kappa shape index (κ2) is 8.98. The molecule has 0 fully saturated rings. The zero-order chi connectivity index (χ0) is 20.8. The van der Waals surface area contributed by atoms with E-state index >= 15 is 0 Å². The van der Waals surface area contributed by atoms with Crippen molar-refractivity contribution in [2.45, 2.75) is 19.8 Å². The number of hydrogen-bond acceptors (Lipinski definition) is 5. The maximum absolute atomic E-state index is 12.2. The van der Waals surface area contributed by atoms with E-state index in [1.807, 2.05) is 42.5 Å². The number of methoxy groups -OCH3 is 1. The average molecular weight is 390 g/mol. The normalized spacial score (nSPS) is 10.4. The van der Waals surface area contributed by atoms with E-state index in [1.54, 1.807) is 25.3 Å². The SMILES string of the molecule is COc1ccc(-c2cc(C#N)c(NC(=O)COc3ccc(C(C)C)cc3)o2)cc1. The number of hydrogen-bond donors (Lipinski definition) is 1. The Morgan fingerprint density at radius 1 is 1.10 bits per heavy atom. The third kappa shape index (κ3) is 4.96. The molecule has 29 heavy (non-hydrogen) atoms. The quantitative estimate of drug-likeness (QED) is 0.616. The van der Waals surface area contributed by atoms with E-state index in [0.29, 0.717) is 23.2 Å². The molecule has 148 valence electrons. The lowest BCUT2D eigenvalue weighted by Crippen LogP contribution is -2.20. The summed E-state index contributed by atoms with van der Waals surface area (Å²) in [5, 5.41) is 11.9. The lowest BCUT2D eigenvalue weighted by atomic mass is 10.0. The lowest BCUT2D eigenvalue weighted by Gasteiger charge is -2.09. The molecule has 0 bridgehead atoms. The van der Waals surface area contributed by atoms with E-state index in [-0.39, 0.29) is 18.1 Å². The predicted octanol–water partition coefficient (Wildman–Crippen LogP) is 4.97. The van der Waals surface area contributed by atoms with Crippen LogP contribution in [0.1, 0.15) is 30.9 Å². The number of furan rings is 1. The van der Waals surface area contributed by atoms with Crippen LogP contribution >= 0.6 is 0 Å². The van der Waals surface area contributed by atoms with Gasteiger partial charge in [0.05, 0.1) is 7.11 Å². The molecule has 0 aliphatic heterocycles. The summed E-state index contributed by atoms with van der Waals surface area (Å²) in [6.45, 7) is 4.03. The van der Waals surface area contributed by atoms with Gasteiger partial charge >= 0.3 is 0 Å². The van der Waals surface area contributed by atoms with Crippen LogP contribution in [-0.4, -0.2) is 19.6 Å². The predicted molar refractivity (Wildman–Crippen MR) is 110 cm³/mol. The Labute approximate surface area is 169 Å². The molecule has 2 aromatic carbocycles. The Morgan fingerprint density at radius 2 is 1.76 bits per heavy atom. The van der Waals surface area contributed by atoms with E-state index in [2.05, 4.69) is 19.2 Å². The van der Waals surface area contributed by atoms with Crippen LogP contribution in [0.2, 0.25) is 0 Å². The molecule has 6 nitrogen and oxygen atoms in total. The smallest absolute Gasteiger partial charge is 0.264 e.